The highest BCUT2D eigenvalue weighted by Gasteiger charge is 2.16. The van der Waals surface area contributed by atoms with Gasteiger partial charge in [-0.05, 0) is 63.4 Å². The predicted molar refractivity (Wildman–Crippen MR) is 125 cm³/mol. The molecule has 32 heavy (non-hydrogen) atoms. The summed E-state index contributed by atoms with van der Waals surface area (Å²) < 4.78 is 16.0. The molecule has 3 aromatic rings. The molecule has 2 aromatic heterocycles. The minimum absolute atomic E-state index is 0.0447. The van der Waals surface area contributed by atoms with Crippen LogP contribution in [0.4, 0.5) is 5.82 Å². The van der Waals surface area contributed by atoms with E-state index in [1.165, 1.54) is 0 Å². The quantitative estimate of drug-likeness (QED) is 0.534. The Morgan fingerprint density at radius 2 is 2.19 bits per heavy atom. The molecule has 1 fully saturated rings. The highest BCUT2D eigenvalue weighted by molar-refractivity contribution is 5.65. The summed E-state index contributed by atoms with van der Waals surface area (Å²) in [7, 11) is 0. The normalized spacial score (nSPS) is 17.3. The number of hydrogen-bond acceptors (Lipinski definition) is 6. The van der Waals surface area contributed by atoms with Crippen molar-refractivity contribution >= 4 is 5.82 Å². The largest absolute Gasteiger partial charge is 0.485 e. The number of aromatic nitrogens is 3. The predicted octanol–water partition coefficient (Wildman–Crippen LogP) is 3.50. The summed E-state index contributed by atoms with van der Waals surface area (Å²) in [6, 6.07) is 9.53. The lowest BCUT2D eigenvalue weighted by Crippen LogP contribution is -2.31. The molecule has 166 valence electrons. The monoisotopic (exact) mass is 432 g/mol. The number of benzene rings is 1. The molecule has 1 aliphatic heterocycles. The maximum absolute atomic E-state index is 9.80. The van der Waals surface area contributed by atoms with Crippen molar-refractivity contribution < 1.29 is 11.3 Å². The second-order valence-electron chi connectivity index (χ2n) is 8.50. The molecule has 7 nitrogen and oxygen atoms in total. The fraction of sp³-hybridized carbons (Fsp3) is 0.360. The smallest absolute Gasteiger partial charge is 0.166 e. The molecule has 1 aromatic carbocycles. The first-order valence-corrected chi connectivity index (χ1v) is 10.8. The first-order valence-electron chi connectivity index (χ1n) is 11.3. The number of ether oxygens (including phenoxy) is 1. The van der Waals surface area contributed by atoms with Gasteiger partial charge in [0.15, 0.2) is 11.6 Å². The van der Waals surface area contributed by atoms with E-state index in [9.17, 15) is 5.11 Å². The van der Waals surface area contributed by atoms with E-state index in [2.05, 4.69) is 21.9 Å². The van der Waals surface area contributed by atoms with Gasteiger partial charge in [-0.25, -0.2) is 4.98 Å². The lowest BCUT2D eigenvalue weighted by Gasteiger charge is -2.23. The first kappa shape index (κ1) is 20.6. The number of rotatable bonds is 5. The van der Waals surface area contributed by atoms with Crippen LogP contribution in [-0.2, 0) is 6.61 Å². The minimum Gasteiger partial charge on any atom is -0.485 e. The highest BCUT2D eigenvalue weighted by Crippen LogP contribution is 2.28. The van der Waals surface area contributed by atoms with Crippen LogP contribution in [0.2, 0.25) is 1.41 Å². The van der Waals surface area contributed by atoms with E-state index < -0.39 is 5.60 Å². The van der Waals surface area contributed by atoms with E-state index in [1.54, 1.807) is 31.6 Å². The Balaban J connectivity index is 1.48. The maximum Gasteiger partial charge on any atom is 0.166 e. The average Bonchev–Trinajstić information content (AvgIpc) is 3.27. The number of nitrogens with two attached hydrogens (primary N) is 1. The van der Waals surface area contributed by atoms with Crippen LogP contribution in [0.5, 0.6) is 5.75 Å². The molecule has 0 bridgehead atoms. The maximum atomic E-state index is 9.80. The summed E-state index contributed by atoms with van der Waals surface area (Å²) >= 11 is 0. The van der Waals surface area contributed by atoms with Gasteiger partial charge in [0.05, 0.1) is 6.20 Å². The number of aliphatic hydroxyl groups is 1. The van der Waals surface area contributed by atoms with Gasteiger partial charge in [-0.1, -0.05) is 24.0 Å². The Morgan fingerprint density at radius 1 is 1.31 bits per heavy atom. The summed E-state index contributed by atoms with van der Waals surface area (Å²) in [5.41, 5.74) is 8.50. The fourth-order valence-electron chi connectivity index (χ4n) is 3.49. The molecule has 0 radical (unpaired) electrons. The van der Waals surface area contributed by atoms with E-state index in [1.807, 2.05) is 41.2 Å². The van der Waals surface area contributed by atoms with E-state index in [4.69, 9.17) is 11.9 Å². The third-order valence-electron chi connectivity index (χ3n) is 5.17. The van der Waals surface area contributed by atoms with Crippen LogP contribution in [0.1, 0.15) is 50.4 Å². The third kappa shape index (κ3) is 5.67. The zero-order valence-corrected chi connectivity index (χ0v) is 18.5. The van der Waals surface area contributed by atoms with Gasteiger partial charge in [-0.3, -0.25) is 9.99 Å². The highest BCUT2D eigenvalue weighted by atomic mass is 16.5. The molecule has 4 N–H and O–H groups in total. The van der Waals surface area contributed by atoms with E-state index in [0.29, 0.717) is 18.2 Å². The van der Waals surface area contributed by atoms with Crippen LogP contribution in [0.15, 0.2) is 48.9 Å². The number of nitrogens with one attached hydrogen (secondary N) is 1. The topological polar surface area (TPSA) is 98.2 Å². The number of nitrogen functional groups attached to an aromatic ring is 1. The van der Waals surface area contributed by atoms with Gasteiger partial charge in [0.2, 0.25) is 0 Å². The molecule has 7 heteroatoms. The molecule has 1 atom stereocenters. The Kier molecular flexibility index (Phi) is 6.06. The van der Waals surface area contributed by atoms with Gasteiger partial charge in [0, 0.05) is 29.1 Å². The lowest BCUT2D eigenvalue weighted by molar-refractivity contribution is 0.143. The summed E-state index contributed by atoms with van der Waals surface area (Å²) in [5.74, 6) is 6.60. The van der Waals surface area contributed by atoms with Gasteiger partial charge in [0.25, 0.3) is 0 Å². The van der Waals surface area contributed by atoms with Crippen molar-refractivity contribution in [2.45, 2.75) is 51.5 Å². The van der Waals surface area contributed by atoms with Crippen LogP contribution in [0.25, 0.3) is 11.1 Å². The Hall–Kier alpha value is -3.34. The standard InChI is InChI=1S/C25H29N5O2/c1-25(2,31)10-9-18-6-5-7-19(12-18)17-32-22-13-20(14-28-24(22)26)21-15-29-30(16-21)23-8-3-4-11-27-23/h5-7,12-16,23,27,31H,3-4,8,11,17H2,1-2H3,(H2,26,28)/i/hD. The van der Waals surface area contributed by atoms with E-state index in [-0.39, 0.29) is 6.17 Å². The zero-order chi connectivity index (χ0) is 23.4. The zero-order valence-electron chi connectivity index (χ0n) is 19.5. The van der Waals surface area contributed by atoms with Crippen LogP contribution >= 0.6 is 0 Å². The van der Waals surface area contributed by atoms with Crippen LogP contribution in [0.3, 0.4) is 0 Å². The van der Waals surface area contributed by atoms with Gasteiger partial charge >= 0.3 is 0 Å². The van der Waals surface area contributed by atoms with Gasteiger partial charge < -0.3 is 15.6 Å². The molecule has 0 saturated carbocycles. The molecule has 1 aliphatic rings. The number of anilines is 1. The first-order chi connectivity index (χ1) is 15.8. The van der Waals surface area contributed by atoms with E-state index >= 15 is 0 Å². The molecule has 0 amide bonds. The molecular weight excluding hydrogens is 402 g/mol. The van der Waals surface area contributed by atoms with E-state index in [0.717, 1.165) is 48.1 Å². The number of hydrogen-bond donors (Lipinski definition) is 3. The lowest BCUT2D eigenvalue weighted by atomic mass is 10.1. The van der Waals surface area contributed by atoms with Crippen molar-refractivity contribution in [1.82, 2.24) is 20.1 Å². The molecule has 3 heterocycles. The van der Waals surface area contributed by atoms with Crippen LogP contribution in [0, 0.1) is 11.8 Å². The molecule has 0 spiro atoms. The number of nitrogens with zero attached hydrogens (tertiary/aromatic N) is 3. The van der Waals surface area contributed by atoms with Crippen molar-refractivity contribution in [3.63, 3.8) is 0 Å². The number of pyridine rings is 1. The summed E-state index contributed by atoms with van der Waals surface area (Å²) in [4.78, 5) is 4.30. The van der Waals surface area contributed by atoms with Crippen molar-refractivity contribution in [1.29, 1.82) is 0 Å². The van der Waals surface area contributed by atoms with Crippen molar-refractivity contribution in [3.8, 4) is 28.7 Å². The Bertz CT molecular complexity index is 1180. The summed E-state index contributed by atoms with van der Waals surface area (Å²) in [6.45, 7) is 4.36. The van der Waals surface area contributed by atoms with Crippen molar-refractivity contribution in [2.75, 3.05) is 12.3 Å². The molecule has 4 rings (SSSR count). The SMILES string of the molecule is [2H]N1CCCCC1n1cc(-c2cnc(N)c(OCc3cccc(C#CC(C)(C)O)c3)c2)cn1. The Labute approximate surface area is 190 Å². The Morgan fingerprint density at radius 3 is 3.00 bits per heavy atom. The number of piperidine rings is 1. The summed E-state index contributed by atoms with van der Waals surface area (Å²) in [6.07, 6.45) is 8.45. The minimum atomic E-state index is -1.04. The second-order valence-corrected chi connectivity index (χ2v) is 8.50. The molecular formula is C25H29N5O2. The van der Waals surface area contributed by atoms with Gasteiger partial charge in [-0.2, -0.15) is 5.10 Å². The summed E-state index contributed by atoms with van der Waals surface area (Å²) in [5, 5.41) is 15.9. The van der Waals surface area contributed by atoms with Gasteiger partial charge in [-0.15, -0.1) is 0 Å². The molecule has 1 unspecified atom stereocenters. The van der Waals surface area contributed by atoms with Crippen molar-refractivity contribution in [3.05, 3.63) is 60.0 Å². The van der Waals surface area contributed by atoms with Crippen LogP contribution < -0.4 is 15.8 Å². The molecule has 1 saturated heterocycles. The van der Waals surface area contributed by atoms with Gasteiger partial charge in [0.1, 0.15) is 19.8 Å². The third-order valence-corrected chi connectivity index (χ3v) is 5.17. The van der Waals surface area contributed by atoms with Crippen molar-refractivity contribution in [2.24, 2.45) is 0 Å². The van der Waals surface area contributed by atoms with Crippen LogP contribution in [-0.4, -0.2) is 32.0 Å². The molecule has 0 aliphatic carbocycles. The second kappa shape index (κ2) is 9.43. The fourth-order valence-corrected chi connectivity index (χ4v) is 3.49. The average molecular weight is 433 g/mol.